The molecule has 0 amide bonds. The average molecular weight is 283 g/mol. The molecule has 0 saturated heterocycles. The van der Waals surface area contributed by atoms with Crippen molar-refractivity contribution >= 4 is 27.2 Å². The number of hydrogen-bond acceptors (Lipinski definition) is 4. The molecule has 2 heterocycles. The van der Waals surface area contributed by atoms with Crippen molar-refractivity contribution in [1.82, 2.24) is 4.98 Å². The first-order chi connectivity index (χ1) is 9.88. The molecule has 0 aliphatic rings. The third-order valence-electron chi connectivity index (χ3n) is 3.27. The number of nitrogens with two attached hydrogens (primary N) is 1. The van der Waals surface area contributed by atoms with E-state index in [1.165, 1.54) is 15.6 Å². The zero-order chi connectivity index (χ0) is 13.8. The summed E-state index contributed by atoms with van der Waals surface area (Å²) in [6.45, 7) is 2.26. The molecule has 0 bridgehead atoms. The van der Waals surface area contributed by atoms with Crippen molar-refractivity contribution in [3.8, 4) is 0 Å². The SMILES string of the molecule is NCCN(Cc1ccccc1)c1nccc2sccc12. The van der Waals surface area contributed by atoms with Crippen LogP contribution in [0.5, 0.6) is 0 Å². The predicted molar refractivity (Wildman–Crippen MR) is 86.2 cm³/mol. The summed E-state index contributed by atoms with van der Waals surface area (Å²) < 4.78 is 1.27. The summed E-state index contributed by atoms with van der Waals surface area (Å²) in [4.78, 5) is 6.83. The second-order valence-corrected chi connectivity index (χ2v) is 5.61. The number of benzene rings is 1. The van der Waals surface area contributed by atoms with Crippen LogP contribution in [0.1, 0.15) is 5.56 Å². The lowest BCUT2D eigenvalue weighted by atomic mass is 10.2. The number of pyridine rings is 1. The van der Waals surface area contributed by atoms with E-state index >= 15 is 0 Å². The van der Waals surface area contributed by atoms with Crippen LogP contribution in [0.4, 0.5) is 5.82 Å². The van der Waals surface area contributed by atoms with E-state index in [0.717, 1.165) is 18.9 Å². The topological polar surface area (TPSA) is 42.1 Å². The van der Waals surface area contributed by atoms with E-state index in [1.54, 1.807) is 11.3 Å². The largest absolute Gasteiger partial charge is 0.350 e. The van der Waals surface area contributed by atoms with Crippen molar-refractivity contribution in [2.75, 3.05) is 18.0 Å². The number of thiophene rings is 1. The summed E-state index contributed by atoms with van der Waals surface area (Å²) in [6.07, 6.45) is 1.88. The smallest absolute Gasteiger partial charge is 0.137 e. The van der Waals surface area contributed by atoms with Gasteiger partial charge in [0.25, 0.3) is 0 Å². The van der Waals surface area contributed by atoms with E-state index in [4.69, 9.17) is 5.73 Å². The van der Waals surface area contributed by atoms with Gasteiger partial charge in [0.05, 0.1) is 0 Å². The molecule has 3 nitrogen and oxygen atoms in total. The van der Waals surface area contributed by atoms with Crippen molar-refractivity contribution in [2.24, 2.45) is 5.73 Å². The second kappa shape index (κ2) is 6.03. The van der Waals surface area contributed by atoms with Crippen LogP contribution in [0.15, 0.2) is 54.0 Å². The predicted octanol–water partition coefficient (Wildman–Crippen LogP) is 3.26. The molecule has 0 unspecified atom stereocenters. The summed E-state index contributed by atoms with van der Waals surface area (Å²) in [7, 11) is 0. The maximum absolute atomic E-state index is 5.77. The summed E-state index contributed by atoms with van der Waals surface area (Å²) in [6, 6.07) is 14.6. The van der Waals surface area contributed by atoms with Gasteiger partial charge in [0.15, 0.2) is 0 Å². The third kappa shape index (κ3) is 2.66. The normalized spacial score (nSPS) is 10.8. The molecule has 3 rings (SSSR count). The molecule has 1 aromatic carbocycles. The van der Waals surface area contributed by atoms with Gasteiger partial charge < -0.3 is 10.6 Å². The van der Waals surface area contributed by atoms with Gasteiger partial charge in [0.2, 0.25) is 0 Å². The molecule has 0 aliphatic heterocycles. The van der Waals surface area contributed by atoms with E-state index < -0.39 is 0 Å². The maximum atomic E-state index is 5.77. The van der Waals surface area contributed by atoms with Gasteiger partial charge in [-0.2, -0.15) is 0 Å². The molecule has 0 radical (unpaired) electrons. The van der Waals surface area contributed by atoms with Crippen LogP contribution in [0.3, 0.4) is 0 Å². The second-order valence-electron chi connectivity index (χ2n) is 4.66. The van der Waals surface area contributed by atoms with Crippen LogP contribution in [0.25, 0.3) is 10.1 Å². The van der Waals surface area contributed by atoms with Gasteiger partial charge in [-0.25, -0.2) is 4.98 Å². The van der Waals surface area contributed by atoms with Gasteiger partial charge in [-0.05, 0) is 23.1 Å². The van der Waals surface area contributed by atoms with Crippen LogP contribution in [0.2, 0.25) is 0 Å². The molecule has 0 fully saturated rings. The zero-order valence-electron chi connectivity index (χ0n) is 11.2. The highest BCUT2D eigenvalue weighted by Crippen LogP contribution is 2.29. The molecule has 2 aromatic heterocycles. The highest BCUT2D eigenvalue weighted by molar-refractivity contribution is 7.17. The number of nitrogens with zero attached hydrogens (tertiary/aromatic N) is 2. The third-order valence-corrected chi connectivity index (χ3v) is 4.16. The first-order valence-corrected chi connectivity index (χ1v) is 7.57. The van der Waals surface area contributed by atoms with Crippen LogP contribution in [-0.4, -0.2) is 18.1 Å². The van der Waals surface area contributed by atoms with Crippen molar-refractivity contribution in [3.05, 3.63) is 59.6 Å². The maximum Gasteiger partial charge on any atom is 0.137 e. The summed E-state index contributed by atoms with van der Waals surface area (Å²) in [5.41, 5.74) is 7.05. The molecule has 20 heavy (non-hydrogen) atoms. The lowest BCUT2D eigenvalue weighted by Crippen LogP contribution is -2.29. The van der Waals surface area contributed by atoms with E-state index in [0.29, 0.717) is 6.54 Å². The Morgan fingerprint density at radius 2 is 1.95 bits per heavy atom. The molecule has 3 aromatic rings. The quantitative estimate of drug-likeness (QED) is 0.781. The highest BCUT2D eigenvalue weighted by atomic mass is 32.1. The Kier molecular flexibility index (Phi) is 3.95. The van der Waals surface area contributed by atoms with Crippen LogP contribution in [0, 0.1) is 0 Å². The van der Waals surface area contributed by atoms with Crippen LogP contribution >= 0.6 is 11.3 Å². The minimum atomic E-state index is 0.620. The number of hydrogen-bond donors (Lipinski definition) is 1. The molecular weight excluding hydrogens is 266 g/mol. The first-order valence-electron chi connectivity index (χ1n) is 6.69. The number of anilines is 1. The fourth-order valence-corrected chi connectivity index (χ4v) is 3.13. The molecule has 0 atom stereocenters. The fraction of sp³-hybridized carbons (Fsp3) is 0.188. The lowest BCUT2D eigenvalue weighted by Gasteiger charge is -2.24. The van der Waals surface area contributed by atoms with Gasteiger partial charge in [-0.1, -0.05) is 30.3 Å². The van der Waals surface area contributed by atoms with Crippen molar-refractivity contribution in [2.45, 2.75) is 6.54 Å². The Morgan fingerprint density at radius 1 is 1.10 bits per heavy atom. The molecule has 0 aliphatic carbocycles. The van der Waals surface area contributed by atoms with E-state index in [9.17, 15) is 0 Å². The molecule has 4 heteroatoms. The van der Waals surface area contributed by atoms with Crippen molar-refractivity contribution in [3.63, 3.8) is 0 Å². The van der Waals surface area contributed by atoms with Crippen LogP contribution < -0.4 is 10.6 Å². The van der Waals surface area contributed by atoms with Crippen molar-refractivity contribution in [1.29, 1.82) is 0 Å². The van der Waals surface area contributed by atoms with Gasteiger partial charge in [-0.3, -0.25) is 0 Å². The summed E-state index contributed by atoms with van der Waals surface area (Å²) in [5.74, 6) is 1.03. The number of aromatic nitrogens is 1. The number of rotatable bonds is 5. The number of fused-ring (bicyclic) bond motifs is 1. The highest BCUT2D eigenvalue weighted by Gasteiger charge is 2.12. The standard InChI is InChI=1S/C16H17N3S/c17-8-10-19(12-13-4-2-1-3-5-13)16-14-7-11-20-15(14)6-9-18-16/h1-7,9,11H,8,10,12,17H2. The van der Waals surface area contributed by atoms with Gasteiger partial charge >= 0.3 is 0 Å². The fourth-order valence-electron chi connectivity index (χ4n) is 2.35. The Morgan fingerprint density at radius 3 is 2.75 bits per heavy atom. The monoisotopic (exact) mass is 283 g/mol. The molecular formula is C16H17N3S. The van der Waals surface area contributed by atoms with Crippen LogP contribution in [-0.2, 0) is 6.54 Å². The van der Waals surface area contributed by atoms with E-state index in [1.807, 2.05) is 12.3 Å². The molecule has 0 spiro atoms. The van der Waals surface area contributed by atoms with E-state index in [2.05, 4.69) is 51.7 Å². The van der Waals surface area contributed by atoms with Crippen molar-refractivity contribution < 1.29 is 0 Å². The molecule has 2 N–H and O–H groups in total. The first kappa shape index (κ1) is 13.1. The zero-order valence-corrected chi connectivity index (χ0v) is 12.0. The Hall–Kier alpha value is -1.91. The summed E-state index contributed by atoms with van der Waals surface area (Å²) in [5, 5.41) is 3.32. The minimum Gasteiger partial charge on any atom is -0.350 e. The minimum absolute atomic E-state index is 0.620. The lowest BCUT2D eigenvalue weighted by molar-refractivity contribution is 0.780. The van der Waals surface area contributed by atoms with E-state index in [-0.39, 0.29) is 0 Å². The Labute approximate surface area is 122 Å². The molecule has 102 valence electrons. The van der Waals surface area contributed by atoms with Gasteiger partial charge in [0.1, 0.15) is 5.82 Å². The van der Waals surface area contributed by atoms with Gasteiger partial charge in [-0.15, -0.1) is 11.3 Å². The summed E-state index contributed by atoms with van der Waals surface area (Å²) >= 11 is 1.75. The molecule has 0 saturated carbocycles. The Bertz CT molecular complexity index is 678. The Balaban J connectivity index is 1.96. The van der Waals surface area contributed by atoms with Gasteiger partial charge in [0, 0.05) is 35.9 Å². The average Bonchev–Trinajstić information content (AvgIpc) is 2.96.